The van der Waals surface area contributed by atoms with Crippen molar-refractivity contribution in [3.63, 3.8) is 0 Å². The average Bonchev–Trinajstić information content (AvgIpc) is 2.88. The van der Waals surface area contributed by atoms with E-state index in [-0.39, 0.29) is 18.1 Å². The maximum Gasteiger partial charge on any atom is 0.410 e. The lowest BCUT2D eigenvalue weighted by molar-refractivity contribution is 0.0248. The third-order valence-electron chi connectivity index (χ3n) is 3.74. The molecule has 1 rings (SSSR count). The summed E-state index contributed by atoms with van der Waals surface area (Å²) < 4.78 is 5.37. The summed E-state index contributed by atoms with van der Waals surface area (Å²) in [5.41, 5.74) is -0.230. The molecule has 0 aromatic heterocycles. The van der Waals surface area contributed by atoms with Crippen LogP contribution in [0, 0.1) is 11.3 Å². The van der Waals surface area contributed by atoms with Gasteiger partial charge in [-0.15, -0.1) is 0 Å². The first-order valence-electron chi connectivity index (χ1n) is 6.80. The number of nitrogens with zero attached hydrogens (tertiary/aromatic N) is 1. The van der Waals surface area contributed by atoms with Crippen molar-refractivity contribution >= 4 is 6.09 Å². The summed E-state index contributed by atoms with van der Waals surface area (Å²) >= 11 is 0. The van der Waals surface area contributed by atoms with Crippen LogP contribution in [0.25, 0.3) is 0 Å². The van der Waals surface area contributed by atoms with Gasteiger partial charge in [0.1, 0.15) is 5.60 Å². The molecule has 0 saturated heterocycles. The molecule has 2 unspecified atom stereocenters. The zero-order valence-electron chi connectivity index (χ0n) is 12.3. The molecule has 1 fully saturated rings. The van der Waals surface area contributed by atoms with Gasteiger partial charge in [-0.05, 0) is 51.9 Å². The molecule has 1 amide bonds. The summed E-state index contributed by atoms with van der Waals surface area (Å²) in [6.45, 7) is 11.4. The Kier molecular flexibility index (Phi) is 4.65. The fraction of sp³-hybridized carbons (Fsp3) is 0.929. The van der Waals surface area contributed by atoms with Gasteiger partial charge in [0.05, 0.1) is 0 Å². The second-order valence-electron chi connectivity index (χ2n) is 6.55. The van der Waals surface area contributed by atoms with E-state index in [4.69, 9.17) is 9.84 Å². The van der Waals surface area contributed by atoms with Crippen LogP contribution in [-0.2, 0) is 4.74 Å². The van der Waals surface area contributed by atoms with Crippen molar-refractivity contribution in [3.8, 4) is 0 Å². The summed E-state index contributed by atoms with van der Waals surface area (Å²) in [6, 6.07) is 0. The Morgan fingerprint density at radius 3 is 2.50 bits per heavy atom. The lowest BCUT2D eigenvalue weighted by Gasteiger charge is -2.27. The molecule has 0 radical (unpaired) electrons. The van der Waals surface area contributed by atoms with E-state index in [1.165, 1.54) is 0 Å². The topological polar surface area (TPSA) is 49.8 Å². The summed E-state index contributed by atoms with van der Waals surface area (Å²) in [4.78, 5) is 13.7. The van der Waals surface area contributed by atoms with Gasteiger partial charge in [0, 0.05) is 19.7 Å². The molecule has 4 heteroatoms. The van der Waals surface area contributed by atoms with Gasteiger partial charge < -0.3 is 14.7 Å². The van der Waals surface area contributed by atoms with Crippen LogP contribution in [0.1, 0.15) is 47.5 Å². The second-order valence-corrected chi connectivity index (χ2v) is 6.55. The van der Waals surface area contributed by atoms with E-state index in [9.17, 15) is 4.79 Å². The fourth-order valence-electron chi connectivity index (χ4n) is 2.19. The third kappa shape index (κ3) is 4.16. The Morgan fingerprint density at radius 1 is 1.50 bits per heavy atom. The number of hydrogen-bond acceptors (Lipinski definition) is 3. The minimum absolute atomic E-state index is 0.212. The van der Waals surface area contributed by atoms with E-state index in [1.54, 1.807) is 4.90 Å². The molecular weight excluding hydrogens is 230 g/mol. The number of amides is 1. The lowest BCUT2D eigenvalue weighted by atomic mass is 10.0. The van der Waals surface area contributed by atoms with Crippen molar-refractivity contribution in [2.45, 2.75) is 53.1 Å². The van der Waals surface area contributed by atoms with Crippen molar-refractivity contribution in [2.75, 3.05) is 19.7 Å². The van der Waals surface area contributed by atoms with Crippen LogP contribution in [0.5, 0.6) is 0 Å². The Hall–Kier alpha value is -0.770. The number of carbonyl (C=O) groups excluding carboxylic acids is 1. The van der Waals surface area contributed by atoms with Crippen molar-refractivity contribution in [3.05, 3.63) is 0 Å². The Morgan fingerprint density at radius 2 is 2.11 bits per heavy atom. The van der Waals surface area contributed by atoms with Crippen molar-refractivity contribution in [1.82, 2.24) is 4.90 Å². The molecular formula is C14H27NO3. The van der Waals surface area contributed by atoms with Gasteiger partial charge in [0.2, 0.25) is 0 Å². The number of rotatable bonds is 5. The van der Waals surface area contributed by atoms with E-state index in [0.29, 0.717) is 19.0 Å². The molecule has 0 spiro atoms. The predicted octanol–water partition coefficient (Wildman–Crippen LogP) is 2.65. The Balaban J connectivity index is 2.41. The van der Waals surface area contributed by atoms with Crippen LogP contribution in [-0.4, -0.2) is 41.4 Å². The molecule has 106 valence electrons. The van der Waals surface area contributed by atoms with E-state index in [1.807, 2.05) is 27.7 Å². The Labute approximate surface area is 110 Å². The highest BCUT2D eigenvalue weighted by Gasteiger charge is 2.49. The van der Waals surface area contributed by atoms with Gasteiger partial charge in [-0.1, -0.05) is 6.92 Å². The largest absolute Gasteiger partial charge is 0.444 e. The van der Waals surface area contributed by atoms with Crippen LogP contribution >= 0.6 is 0 Å². The smallest absolute Gasteiger partial charge is 0.410 e. The van der Waals surface area contributed by atoms with Crippen molar-refractivity contribution in [1.29, 1.82) is 0 Å². The van der Waals surface area contributed by atoms with Gasteiger partial charge in [0.25, 0.3) is 0 Å². The van der Waals surface area contributed by atoms with Gasteiger partial charge in [-0.3, -0.25) is 0 Å². The standard InChI is InChI=1S/C14H27NO3/c1-6-15(12(17)18-13(2,3)4)8-7-14(5)9-11(14)10-16/h11,16H,6-10H2,1-5H3. The molecule has 4 nitrogen and oxygen atoms in total. The van der Waals surface area contributed by atoms with E-state index >= 15 is 0 Å². The Bertz CT molecular complexity index is 298. The van der Waals surface area contributed by atoms with Crippen LogP contribution in [0.15, 0.2) is 0 Å². The van der Waals surface area contributed by atoms with E-state index < -0.39 is 5.60 Å². The third-order valence-corrected chi connectivity index (χ3v) is 3.74. The normalized spacial score (nSPS) is 26.9. The first kappa shape index (κ1) is 15.3. The van der Waals surface area contributed by atoms with Crippen LogP contribution in [0.2, 0.25) is 0 Å². The molecule has 2 atom stereocenters. The number of aliphatic hydroxyl groups is 1. The monoisotopic (exact) mass is 257 g/mol. The minimum atomic E-state index is -0.443. The van der Waals surface area contributed by atoms with Gasteiger partial charge in [-0.25, -0.2) is 4.79 Å². The highest BCUT2D eigenvalue weighted by Crippen LogP contribution is 2.54. The molecule has 0 aliphatic heterocycles. The summed E-state index contributed by atoms with van der Waals surface area (Å²) in [5, 5.41) is 9.12. The SMILES string of the molecule is CCN(CCC1(C)CC1CO)C(=O)OC(C)(C)C. The van der Waals surface area contributed by atoms with Crippen molar-refractivity contribution in [2.24, 2.45) is 11.3 Å². The number of hydrogen-bond donors (Lipinski definition) is 1. The molecule has 0 bridgehead atoms. The molecule has 1 aliphatic carbocycles. The maximum absolute atomic E-state index is 11.9. The zero-order chi connectivity index (χ0) is 14.0. The van der Waals surface area contributed by atoms with Gasteiger partial charge >= 0.3 is 6.09 Å². The maximum atomic E-state index is 11.9. The first-order chi connectivity index (χ1) is 8.22. The summed E-state index contributed by atoms with van der Waals surface area (Å²) in [7, 11) is 0. The van der Waals surface area contributed by atoms with E-state index in [0.717, 1.165) is 12.8 Å². The zero-order valence-corrected chi connectivity index (χ0v) is 12.3. The molecule has 1 N–H and O–H groups in total. The van der Waals surface area contributed by atoms with Gasteiger partial charge in [0.15, 0.2) is 0 Å². The van der Waals surface area contributed by atoms with Crippen molar-refractivity contribution < 1.29 is 14.6 Å². The number of carbonyl (C=O) groups is 1. The summed E-state index contributed by atoms with van der Waals surface area (Å²) in [6.07, 6.45) is 1.76. The van der Waals surface area contributed by atoms with Crippen LogP contribution < -0.4 is 0 Å². The summed E-state index contributed by atoms with van der Waals surface area (Å²) in [5.74, 6) is 0.412. The van der Waals surface area contributed by atoms with E-state index in [2.05, 4.69) is 6.92 Å². The minimum Gasteiger partial charge on any atom is -0.444 e. The average molecular weight is 257 g/mol. The second kappa shape index (κ2) is 5.47. The molecule has 1 aliphatic rings. The molecule has 1 saturated carbocycles. The van der Waals surface area contributed by atoms with Gasteiger partial charge in [-0.2, -0.15) is 0 Å². The van der Waals surface area contributed by atoms with Crippen LogP contribution in [0.4, 0.5) is 4.79 Å². The lowest BCUT2D eigenvalue weighted by Crippen LogP contribution is -2.38. The highest BCUT2D eigenvalue weighted by molar-refractivity contribution is 5.68. The molecule has 0 aromatic rings. The molecule has 18 heavy (non-hydrogen) atoms. The predicted molar refractivity (Wildman–Crippen MR) is 71.4 cm³/mol. The highest BCUT2D eigenvalue weighted by atomic mass is 16.6. The molecule has 0 aromatic carbocycles. The fourth-order valence-corrected chi connectivity index (χ4v) is 2.19. The quantitative estimate of drug-likeness (QED) is 0.823. The first-order valence-corrected chi connectivity index (χ1v) is 6.80. The van der Waals surface area contributed by atoms with Crippen LogP contribution in [0.3, 0.4) is 0 Å². The number of ether oxygens (including phenoxy) is 1. The number of aliphatic hydroxyl groups excluding tert-OH is 1. The molecule has 0 heterocycles.